The maximum atomic E-state index is 11.8. The van der Waals surface area contributed by atoms with Crippen molar-refractivity contribution in [2.45, 2.75) is 11.4 Å². The largest absolute Gasteiger partial charge is 0.493 e. The Bertz CT molecular complexity index is 647. The standard InChI is InChI=1S/C16H16N2O4S/c19-14(8-9-22-13-4-2-1-3-5-13)18-12-6-7-15(17-10-12)23-11-16(20)21/h1-7,10H,8-9,11H2,(H,18,19)(H,20,21). The van der Waals surface area contributed by atoms with E-state index in [9.17, 15) is 9.59 Å². The SMILES string of the molecule is O=C(O)CSc1ccc(NC(=O)CCOc2ccccc2)cn1. The molecule has 2 aromatic rings. The number of thioether (sulfide) groups is 1. The summed E-state index contributed by atoms with van der Waals surface area (Å²) >= 11 is 1.12. The van der Waals surface area contributed by atoms with Crippen molar-refractivity contribution in [2.24, 2.45) is 0 Å². The molecule has 0 saturated heterocycles. The monoisotopic (exact) mass is 332 g/mol. The highest BCUT2D eigenvalue weighted by Gasteiger charge is 2.05. The summed E-state index contributed by atoms with van der Waals surface area (Å²) in [5.74, 6) is -0.391. The fourth-order valence-electron chi connectivity index (χ4n) is 1.68. The molecule has 0 aliphatic heterocycles. The Morgan fingerprint density at radius 2 is 1.96 bits per heavy atom. The van der Waals surface area contributed by atoms with Gasteiger partial charge in [-0.15, -0.1) is 0 Å². The zero-order valence-corrected chi connectivity index (χ0v) is 13.1. The maximum Gasteiger partial charge on any atom is 0.313 e. The summed E-state index contributed by atoms with van der Waals surface area (Å²) in [5, 5.41) is 11.9. The number of hydrogen-bond acceptors (Lipinski definition) is 5. The molecule has 0 spiro atoms. The summed E-state index contributed by atoms with van der Waals surface area (Å²) in [6.07, 6.45) is 1.73. The molecule has 0 aliphatic rings. The van der Waals surface area contributed by atoms with Gasteiger partial charge in [-0.3, -0.25) is 9.59 Å². The van der Waals surface area contributed by atoms with Crippen molar-refractivity contribution in [3.05, 3.63) is 48.7 Å². The molecule has 7 heteroatoms. The fourth-order valence-corrected chi connectivity index (χ4v) is 2.24. The first-order valence-electron chi connectivity index (χ1n) is 6.92. The number of rotatable bonds is 8. The van der Waals surface area contributed by atoms with Crippen molar-refractivity contribution in [2.75, 3.05) is 17.7 Å². The van der Waals surface area contributed by atoms with Crippen LogP contribution in [0.1, 0.15) is 6.42 Å². The molecule has 0 saturated carbocycles. The van der Waals surface area contributed by atoms with Gasteiger partial charge in [-0.25, -0.2) is 4.98 Å². The first kappa shape index (κ1) is 16.8. The normalized spacial score (nSPS) is 10.1. The van der Waals surface area contributed by atoms with Crippen molar-refractivity contribution >= 4 is 29.3 Å². The van der Waals surface area contributed by atoms with Gasteiger partial charge in [-0.2, -0.15) is 0 Å². The Morgan fingerprint density at radius 1 is 1.17 bits per heavy atom. The molecule has 1 aromatic carbocycles. The predicted molar refractivity (Wildman–Crippen MR) is 87.8 cm³/mol. The number of aliphatic carboxylic acids is 1. The van der Waals surface area contributed by atoms with Crippen molar-refractivity contribution in [1.29, 1.82) is 0 Å². The lowest BCUT2D eigenvalue weighted by Crippen LogP contribution is -2.15. The summed E-state index contributed by atoms with van der Waals surface area (Å²) < 4.78 is 5.45. The summed E-state index contributed by atoms with van der Waals surface area (Å²) in [7, 11) is 0. The van der Waals surface area contributed by atoms with E-state index in [1.54, 1.807) is 12.1 Å². The summed E-state index contributed by atoms with van der Waals surface area (Å²) in [4.78, 5) is 26.4. The summed E-state index contributed by atoms with van der Waals surface area (Å²) in [6, 6.07) is 12.6. The van der Waals surface area contributed by atoms with E-state index in [1.165, 1.54) is 6.20 Å². The Balaban J connectivity index is 1.73. The number of ether oxygens (including phenoxy) is 1. The Labute approximate surface area is 137 Å². The van der Waals surface area contributed by atoms with Gasteiger partial charge in [0.05, 0.1) is 35.7 Å². The molecule has 2 rings (SSSR count). The van der Waals surface area contributed by atoms with Gasteiger partial charge in [0.15, 0.2) is 0 Å². The van der Waals surface area contributed by atoms with Crippen LogP contribution in [0.2, 0.25) is 0 Å². The third kappa shape index (κ3) is 6.39. The zero-order valence-electron chi connectivity index (χ0n) is 12.3. The molecule has 0 fully saturated rings. The van der Waals surface area contributed by atoms with Crippen LogP contribution in [0.5, 0.6) is 5.75 Å². The minimum Gasteiger partial charge on any atom is -0.493 e. The predicted octanol–water partition coefficient (Wildman–Crippen LogP) is 2.67. The van der Waals surface area contributed by atoms with E-state index in [2.05, 4.69) is 10.3 Å². The average molecular weight is 332 g/mol. The van der Waals surface area contributed by atoms with Crippen molar-refractivity contribution in [1.82, 2.24) is 4.98 Å². The smallest absolute Gasteiger partial charge is 0.313 e. The molecule has 6 nitrogen and oxygen atoms in total. The first-order chi connectivity index (χ1) is 11.1. The molecular weight excluding hydrogens is 316 g/mol. The van der Waals surface area contributed by atoms with Crippen molar-refractivity contribution in [3.63, 3.8) is 0 Å². The van der Waals surface area contributed by atoms with E-state index in [-0.39, 0.29) is 24.7 Å². The number of aromatic nitrogens is 1. The molecule has 120 valence electrons. The van der Waals surface area contributed by atoms with Crippen LogP contribution in [-0.4, -0.2) is 34.3 Å². The molecule has 0 unspecified atom stereocenters. The molecular formula is C16H16N2O4S. The number of pyridine rings is 1. The second-order valence-electron chi connectivity index (χ2n) is 4.53. The minimum absolute atomic E-state index is 0.0461. The highest BCUT2D eigenvalue weighted by atomic mass is 32.2. The van der Waals surface area contributed by atoms with Gasteiger partial charge in [0.1, 0.15) is 5.75 Å². The van der Waals surface area contributed by atoms with Crippen molar-refractivity contribution in [3.8, 4) is 5.75 Å². The number of benzene rings is 1. The number of carbonyl (C=O) groups excluding carboxylic acids is 1. The first-order valence-corrected chi connectivity index (χ1v) is 7.90. The number of para-hydroxylation sites is 1. The number of nitrogens with zero attached hydrogens (tertiary/aromatic N) is 1. The quantitative estimate of drug-likeness (QED) is 0.723. The Morgan fingerprint density at radius 3 is 2.61 bits per heavy atom. The Hall–Kier alpha value is -2.54. The van der Waals surface area contributed by atoms with Crippen molar-refractivity contribution < 1.29 is 19.4 Å². The van der Waals surface area contributed by atoms with E-state index < -0.39 is 5.97 Å². The highest BCUT2D eigenvalue weighted by molar-refractivity contribution is 7.99. The topological polar surface area (TPSA) is 88.5 Å². The zero-order chi connectivity index (χ0) is 16.5. The molecule has 0 radical (unpaired) electrons. The number of hydrogen-bond donors (Lipinski definition) is 2. The summed E-state index contributed by atoms with van der Waals surface area (Å²) in [6.45, 7) is 0.288. The number of carboxylic acids is 1. The van der Waals surface area contributed by atoms with Crippen LogP contribution in [0.25, 0.3) is 0 Å². The summed E-state index contributed by atoms with van der Waals surface area (Å²) in [5.41, 5.74) is 0.564. The van der Waals surface area contributed by atoms with Crippen LogP contribution in [0, 0.1) is 0 Å². The molecule has 0 bridgehead atoms. The van der Waals surface area contributed by atoms with Gasteiger partial charge in [-0.1, -0.05) is 30.0 Å². The lowest BCUT2D eigenvalue weighted by atomic mass is 10.3. The van der Waals surface area contributed by atoms with Crippen LogP contribution in [-0.2, 0) is 9.59 Å². The number of carbonyl (C=O) groups is 2. The van der Waals surface area contributed by atoms with E-state index in [4.69, 9.17) is 9.84 Å². The molecule has 0 aliphatic carbocycles. The van der Waals surface area contributed by atoms with Crippen LogP contribution in [0.3, 0.4) is 0 Å². The average Bonchev–Trinajstić information content (AvgIpc) is 2.55. The van der Waals surface area contributed by atoms with E-state index in [0.717, 1.165) is 17.5 Å². The Kier molecular flexibility index (Phi) is 6.43. The van der Waals surface area contributed by atoms with Gasteiger partial charge in [0.25, 0.3) is 0 Å². The highest BCUT2D eigenvalue weighted by Crippen LogP contribution is 2.17. The molecule has 1 heterocycles. The van der Waals surface area contributed by atoms with Gasteiger partial charge < -0.3 is 15.2 Å². The second-order valence-corrected chi connectivity index (χ2v) is 5.52. The van der Waals surface area contributed by atoms with E-state index in [0.29, 0.717) is 10.7 Å². The van der Waals surface area contributed by atoms with E-state index >= 15 is 0 Å². The van der Waals surface area contributed by atoms with Crippen LogP contribution >= 0.6 is 11.8 Å². The third-order valence-electron chi connectivity index (χ3n) is 2.70. The molecule has 2 N–H and O–H groups in total. The van der Waals surface area contributed by atoms with Gasteiger partial charge in [-0.05, 0) is 24.3 Å². The van der Waals surface area contributed by atoms with Gasteiger partial charge in [0.2, 0.25) is 5.91 Å². The van der Waals surface area contributed by atoms with Crippen LogP contribution < -0.4 is 10.1 Å². The number of nitrogens with one attached hydrogen (secondary N) is 1. The fraction of sp³-hybridized carbons (Fsp3) is 0.188. The molecule has 23 heavy (non-hydrogen) atoms. The minimum atomic E-state index is -0.896. The lowest BCUT2D eigenvalue weighted by molar-refractivity contribution is -0.133. The maximum absolute atomic E-state index is 11.8. The number of anilines is 1. The molecule has 1 aromatic heterocycles. The number of carboxylic acid groups (broad SMARTS) is 1. The van der Waals surface area contributed by atoms with E-state index in [1.807, 2.05) is 30.3 Å². The van der Waals surface area contributed by atoms with Crippen LogP contribution in [0.4, 0.5) is 5.69 Å². The molecule has 0 atom stereocenters. The second kappa shape index (κ2) is 8.79. The third-order valence-corrected chi connectivity index (χ3v) is 3.63. The number of amides is 1. The van der Waals surface area contributed by atoms with Gasteiger partial charge >= 0.3 is 5.97 Å². The van der Waals surface area contributed by atoms with Crippen LogP contribution in [0.15, 0.2) is 53.7 Å². The molecule has 1 amide bonds. The lowest BCUT2D eigenvalue weighted by Gasteiger charge is -2.07. The van der Waals surface area contributed by atoms with Gasteiger partial charge in [0, 0.05) is 0 Å².